The zero-order valence-corrected chi connectivity index (χ0v) is 7.46. The zero-order valence-electron chi connectivity index (χ0n) is 6.70. The Labute approximate surface area is 77.3 Å². The molecule has 12 heavy (non-hydrogen) atoms. The molecule has 0 spiro atoms. The lowest BCUT2D eigenvalue weighted by Crippen LogP contribution is -1.77. The lowest BCUT2D eigenvalue weighted by atomic mass is 10.2. The van der Waals surface area contributed by atoms with Crippen LogP contribution in [0, 0.1) is 0 Å². The van der Waals surface area contributed by atoms with Crippen molar-refractivity contribution in [2.45, 2.75) is 6.42 Å². The maximum absolute atomic E-state index is 8.53. The van der Waals surface area contributed by atoms with Crippen LogP contribution in [0.15, 0.2) is 30.3 Å². The maximum atomic E-state index is 8.53. The molecule has 2 heteroatoms. The number of hydrogen-bond donors (Lipinski definition) is 1. The Bertz CT molecular complexity index is 268. The quantitative estimate of drug-likeness (QED) is 0.762. The van der Waals surface area contributed by atoms with Crippen LogP contribution in [0.1, 0.15) is 12.0 Å². The van der Waals surface area contributed by atoms with Gasteiger partial charge in [-0.2, -0.15) is 0 Å². The van der Waals surface area contributed by atoms with Crippen molar-refractivity contribution in [3.63, 3.8) is 0 Å². The number of aliphatic hydroxyl groups is 1. The first-order valence-corrected chi connectivity index (χ1v) is 4.24. The summed E-state index contributed by atoms with van der Waals surface area (Å²) in [5, 5.41) is 9.27. The van der Waals surface area contributed by atoms with Gasteiger partial charge in [0.1, 0.15) is 0 Å². The normalized spacial score (nSPS) is 10.8. The molecule has 0 atom stereocenters. The van der Waals surface area contributed by atoms with Crippen LogP contribution in [0.25, 0.3) is 6.08 Å². The molecule has 0 aliphatic carbocycles. The van der Waals surface area contributed by atoms with Crippen LogP contribution in [0.5, 0.6) is 0 Å². The Balaban J connectivity index is 2.68. The molecule has 0 fully saturated rings. The second-order valence-corrected chi connectivity index (χ2v) is 2.84. The number of hydrogen-bond acceptors (Lipinski definition) is 1. The van der Waals surface area contributed by atoms with Gasteiger partial charge in [0.05, 0.1) is 0 Å². The van der Waals surface area contributed by atoms with Crippen LogP contribution >= 0.6 is 11.6 Å². The lowest BCUT2D eigenvalue weighted by Gasteiger charge is -1.95. The summed E-state index contributed by atoms with van der Waals surface area (Å²) < 4.78 is 0. The highest BCUT2D eigenvalue weighted by molar-refractivity contribution is 6.32. The lowest BCUT2D eigenvalue weighted by molar-refractivity contribution is 0.303. The second kappa shape index (κ2) is 4.96. The molecule has 0 aliphatic heterocycles. The molecule has 0 bridgehead atoms. The van der Waals surface area contributed by atoms with Crippen molar-refractivity contribution in [2.24, 2.45) is 0 Å². The van der Waals surface area contributed by atoms with Gasteiger partial charge in [0, 0.05) is 11.6 Å². The minimum Gasteiger partial charge on any atom is -0.396 e. The molecule has 0 unspecified atom stereocenters. The average molecular weight is 183 g/mol. The predicted molar refractivity (Wildman–Crippen MR) is 52.2 cm³/mol. The SMILES string of the molecule is OCCC=Cc1ccccc1Cl. The fourth-order valence-corrected chi connectivity index (χ4v) is 1.09. The van der Waals surface area contributed by atoms with E-state index in [4.69, 9.17) is 16.7 Å². The standard InChI is InChI=1S/C10H11ClO/c11-10-7-2-1-5-9(10)6-3-4-8-12/h1-3,5-7,12H,4,8H2. The summed E-state index contributed by atoms with van der Waals surface area (Å²) in [4.78, 5) is 0. The summed E-state index contributed by atoms with van der Waals surface area (Å²) in [6.45, 7) is 0.182. The molecule has 1 N–H and O–H groups in total. The minimum absolute atomic E-state index is 0.182. The third kappa shape index (κ3) is 2.68. The number of benzene rings is 1. The average Bonchev–Trinajstić information content (AvgIpc) is 2.09. The maximum Gasteiger partial charge on any atom is 0.0478 e. The third-order valence-electron chi connectivity index (χ3n) is 1.50. The predicted octanol–water partition coefficient (Wildman–Crippen LogP) is 2.74. The van der Waals surface area contributed by atoms with Crippen molar-refractivity contribution in [3.05, 3.63) is 40.9 Å². The molecule has 0 radical (unpaired) electrons. The first-order valence-electron chi connectivity index (χ1n) is 3.86. The van der Waals surface area contributed by atoms with Crippen molar-refractivity contribution < 1.29 is 5.11 Å². The molecule has 0 saturated carbocycles. The van der Waals surface area contributed by atoms with E-state index in [1.165, 1.54) is 0 Å². The van der Waals surface area contributed by atoms with E-state index >= 15 is 0 Å². The van der Waals surface area contributed by atoms with E-state index in [2.05, 4.69) is 0 Å². The van der Waals surface area contributed by atoms with Gasteiger partial charge >= 0.3 is 0 Å². The van der Waals surface area contributed by atoms with Crippen molar-refractivity contribution in [1.29, 1.82) is 0 Å². The van der Waals surface area contributed by atoms with Crippen molar-refractivity contribution in [1.82, 2.24) is 0 Å². The topological polar surface area (TPSA) is 20.2 Å². The van der Waals surface area contributed by atoms with Gasteiger partial charge in [0.25, 0.3) is 0 Å². The van der Waals surface area contributed by atoms with E-state index in [9.17, 15) is 0 Å². The number of halogens is 1. The van der Waals surface area contributed by atoms with Crippen LogP contribution in [0.2, 0.25) is 5.02 Å². The Kier molecular flexibility index (Phi) is 3.85. The summed E-state index contributed by atoms with van der Waals surface area (Å²) >= 11 is 5.89. The van der Waals surface area contributed by atoms with Gasteiger partial charge in [0.2, 0.25) is 0 Å². The van der Waals surface area contributed by atoms with Gasteiger partial charge < -0.3 is 5.11 Å². The molecular formula is C10H11ClO. The Hall–Kier alpha value is -0.790. The summed E-state index contributed by atoms with van der Waals surface area (Å²) in [7, 11) is 0. The van der Waals surface area contributed by atoms with Crippen molar-refractivity contribution in [2.75, 3.05) is 6.61 Å². The highest BCUT2D eigenvalue weighted by Gasteiger charge is 1.91. The molecule has 0 saturated heterocycles. The van der Waals surface area contributed by atoms with Gasteiger partial charge in [-0.15, -0.1) is 0 Å². The summed E-state index contributed by atoms with van der Waals surface area (Å²) in [6, 6.07) is 7.62. The Morgan fingerprint density at radius 1 is 1.33 bits per heavy atom. The molecule has 64 valence electrons. The summed E-state index contributed by atoms with van der Waals surface area (Å²) in [5.41, 5.74) is 0.993. The van der Waals surface area contributed by atoms with Gasteiger partial charge in [-0.25, -0.2) is 0 Å². The fraction of sp³-hybridized carbons (Fsp3) is 0.200. The highest BCUT2D eigenvalue weighted by Crippen LogP contribution is 2.16. The molecular weight excluding hydrogens is 172 g/mol. The molecule has 1 aromatic carbocycles. The molecule has 1 rings (SSSR count). The molecule has 1 aromatic rings. The number of rotatable bonds is 3. The monoisotopic (exact) mass is 182 g/mol. The van der Waals surface area contributed by atoms with E-state index < -0.39 is 0 Å². The van der Waals surface area contributed by atoms with E-state index in [-0.39, 0.29) is 6.61 Å². The van der Waals surface area contributed by atoms with E-state index in [1.54, 1.807) is 0 Å². The van der Waals surface area contributed by atoms with Crippen LogP contribution in [0.3, 0.4) is 0 Å². The van der Waals surface area contributed by atoms with E-state index in [0.29, 0.717) is 6.42 Å². The first kappa shape index (κ1) is 9.30. The molecule has 0 amide bonds. The molecule has 0 heterocycles. The van der Waals surface area contributed by atoms with Crippen LogP contribution in [-0.2, 0) is 0 Å². The minimum atomic E-state index is 0.182. The van der Waals surface area contributed by atoms with Gasteiger partial charge in [-0.1, -0.05) is 42.0 Å². The highest BCUT2D eigenvalue weighted by atomic mass is 35.5. The van der Waals surface area contributed by atoms with Crippen LogP contribution in [-0.4, -0.2) is 11.7 Å². The van der Waals surface area contributed by atoms with E-state index in [1.807, 2.05) is 36.4 Å². The second-order valence-electron chi connectivity index (χ2n) is 2.44. The van der Waals surface area contributed by atoms with Crippen molar-refractivity contribution >= 4 is 17.7 Å². The smallest absolute Gasteiger partial charge is 0.0478 e. The molecule has 1 nitrogen and oxygen atoms in total. The van der Waals surface area contributed by atoms with Crippen LogP contribution < -0.4 is 0 Å². The number of aliphatic hydroxyl groups excluding tert-OH is 1. The van der Waals surface area contributed by atoms with E-state index in [0.717, 1.165) is 10.6 Å². The Morgan fingerprint density at radius 3 is 2.75 bits per heavy atom. The van der Waals surface area contributed by atoms with Gasteiger partial charge in [-0.05, 0) is 18.1 Å². The van der Waals surface area contributed by atoms with Crippen molar-refractivity contribution in [3.8, 4) is 0 Å². The first-order chi connectivity index (χ1) is 5.84. The van der Waals surface area contributed by atoms with Gasteiger partial charge in [-0.3, -0.25) is 0 Å². The van der Waals surface area contributed by atoms with Gasteiger partial charge in [0.15, 0.2) is 0 Å². The fourth-order valence-electron chi connectivity index (χ4n) is 0.895. The summed E-state index contributed by atoms with van der Waals surface area (Å²) in [5.74, 6) is 0. The largest absolute Gasteiger partial charge is 0.396 e. The summed E-state index contributed by atoms with van der Waals surface area (Å²) in [6.07, 6.45) is 4.49. The zero-order chi connectivity index (χ0) is 8.81. The molecule has 0 aromatic heterocycles. The third-order valence-corrected chi connectivity index (χ3v) is 1.84. The molecule has 0 aliphatic rings. The van der Waals surface area contributed by atoms with Crippen LogP contribution in [0.4, 0.5) is 0 Å². The Morgan fingerprint density at radius 2 is 2.08 bits per heavy atom.